The van der Waals surface area contributed by atoms with Gasteiger partial charge >= 0.3 is 5.84 Å². The van der Waals surface area contributed by atoms with Crippen molar-refractivity contribution in [2.45, 2.75) is 0 Å². The molecule has 0 saturated heterocycles. The third kappa shape index (κ3) is 2.26. The standard InChI is InChI=1S/C25H16N2O/c1-2-7-17(8-3-1)18-9-6-10-19(15-18)20-13-14-21-23(16-20)27-22-11-4-5-12-24(22)28-25(27)26-21/h1-16H. The van der Waals surface area contributed by atoms with Crippen LogP contribution < -0.4 is 0 Å². The van der Waals surface area contributed by atoms with E-state index in [1.165, 1.54) is 16.7 Å². The van der Waals surface area contributed by atoms with Gasteiger partial charge in [0.15, 0.2) is 5.58 Å². The molecular weight excluding hydrogens is 344 g/mol. The first kappa shape index (κ1) is 15.2. The molecule has 2 aromatic heterocycles. The SMILES string of the molecule is c1ccc(-c2cccc(-c3ccc4nc5oc6ccccc6n5c4c3)c2)cc1. The largest absolute Gasteiger partial charge is 0.423 e. The third-order valence-corrected chi connectivity index (χ3v) is 5.23. The molecule has 3 heteroatoms. The zero-order valence-electron chi connectivity index (χ0n) is 15.0. The van der Waals surface area contributed by atoms with E-state index in [4.69, 9.17) is 4.42 Å². The van der Waals surface area contributed by atoms with Gasteiger partial charge in [-0.3, -0.25) is 4.40 Å². The van der Waals surface area contributed by atoms with Gasteiger partial charge < -0.3 is 4.42 Å². The maximum Gasteiger partial charge on any atom is 0.307 e. The maximum absolute atomic E-state index is 5.91. The van der Waals surface area contributed by atoms with E-state index in [1.54, 1.807) is 0 Å². The van der Waals surface area contributed by atoms with Gasteiger partial charge in [0.05, 0.1) is 16.6 Å². The molecule has 132 valence electrons. The van der Waals surface area contributed by atoms with Crippen molar-refractivity contribution in [2.24, 2.45) is 0 Å². The number of imidazole rings is 1. The van der Waals surface area contributed by atoms with Crippen molar-refractivity contribution in [3.63, 3.8) is 0 Å². The predicted molar refractivity (Wildman–Crippen MR) is 113 cm³/mol. The molecule has 0 N–H and O–H groups in total. The summed E-state index contributed by atoms with van der Waals surface area (Å²) in [6, 6.07) is 33.5. The second-order valence-electron chi connectivity index (χ2n) is 6.95. The van der Waals surface area contributed by atoms with Crippen LogP contribution >= 0.6 is 0 Å². The summed E-state index contributed by atoms with van der Waals surface area (Å²) >= 11 is 0. The molecule has 0 unspecified atom stereocenters. The summed E-state index contributed by atoms with van der Waals surface area (Å²) < 4.78 is 8.00. The third-order valence-electron chi connectivity index (χ3n) is 5.23. The van der Waals surface area contributed by atoms with E-state index in [-0.39, 0.29) is 0 Å². The van der Waals surface area contributed by atoms with E-state index < -0.39 is 0 Å². The average molecular weight is 360 g/mol. The van der Waals surface area contributed by atoms with Crippen LogP contribution in [0.25, 0.3) is 50.2 Å². The number of hydrogen-bond donors (Lipinski definition) is 0. The lowest BCUT2D eigenvalue weighted by Crippen LogP contribution is -1.84. The van der Waals surface area contributed by atoms with Crippen LogP contribution in [-0.2, 0) is 0 Å². The van der Waals surface area contributed by atoms with Crippen molar-refractivity contribution in [3.8, 4) is 22.3 Å². The number of benzene rings is 4. The van der Waals surface area contributed by atoms with Gasteiger partial charge in [-0.25, -0.2) is 0 Å². The molecule has 2 heterocycles. The molecule has 0 aliphatic heterocycles. The van der Waals surface area contributed by atoms with E-state index in [2.05, 4.69) is 82.2 Å². The van der Waals surface area contributed by atoms with Crippen molar-refractivity contribution in [1.29, 1.82) is 0 Å². The molecule has 0 saturated carbocycles. The van der Waals surface area contributed by atoms with Crippen molar-refractivity contribution in [3.05, 3.63) is 97.1 Å². The van der Waals surface area contributed by atoms with Crippen LogP contribution in [0.2, 0.25) is 0 Å². The molecule has 0 atom stereocenters. The van der Waals surface area contributed by atoms with E-state index in [0.717, 1.165) is 27.7 Å². The highest BCUT2D eigenvalue weighted by Gasteiger charge is 2.13. The molecular formula is C25H16N2O. The summed E-state index contributed by atoms with van der Waals surface area (Å²) in [6.07, 6.45) is 0. The minimum absolute atomic E-state index is 0.631. The van der Waals surface area contributed by atoms with Gasteiger partial charge in [0.25, 0.3) is 0 Å². The van der Waals surface area contributed by atoms with Gasteiger partial charge in [0.2, 0.25) is 0 Å². The molecule has 3 nitrogen and oxygen atoms in total. The Morgan fingerprint density at radius 2 is 1.29 bits per heavy atom. The Hall–Kier alpha value is -3.85. The molecule has 0 amide bonds. The Morgan fingerprint density at radius 3 is 2.18 bits per heavy atom. The molecule has 0 bridgehead atoms. The minimum atomic E-state index is 0.631. The Labute approximate surface area is 161 Å². The van der Waals surface area contributed by atoms with Crippen molar-refractivity contribution >= 4 is 28.0 Å². The summed E-state index contributed by atoms with van der Waals surface area (Å²) in [7, 11) is 0. The smallest absolute Gasteiger partial charge is 0.307 e. The molecule has 0 radical (unpaired) electrons. The highest BCUT2D eigenvalue weighted by atomic mass is 16.4. The lowest BCUT2D eigenvalue weighted by Gasteiger charge is -2.06. The van der Waals surface area contributed by atoms with Gasteiger partial charge in [-0.2, -0.15) is 4.98 Å². The van der Waals surface area contributed by atoms with E-state index >= 15 is 0 Å². The van der Waals surface area contributed by atoms with Crippen LogP contribution in [0.1, 0.15) is 0 Å². The topological polar surface area (TPSA) is 30.4 Å². The summed E-state index contributed by atoms with van der Waals surface area (Å²) in [5, 5.41) is 0. The predicted octanol–water partition coefficient (Wildman–Crippen LogP) is 6.57. The fraction of sp³-hybridized carbons (Fsp3) is 0. The zero-order chi connectivity index (χ0) is 18.5. The van der Waals surface area contributed by atoms with Crippen LogP contribution in [0.5, 0.6) is 0 Å². The number of oxazole rings is 1. The van der Waals surface area contributed by atoms with Crippen molar-refractivity contribution in [1.82, 2.24) is 9.38 Å². The summed E-state index contributed by atoms with van der Waals surface area (Å²) in [6.45, 7) is 0. The molecule has 6 aromatic rings. The van der Waals surface area contributed by atoms with E-state index in [9.17, 15) is 0 Å². The van der Waals surface area contributed by atoms with Gasteiger partial charge in [-0.05, 0) is 52.6 Å². The van der Waals surface area contributed by atoms with Gasteiger partial charge in [-0.15, -0.1) is 0 Å². The fourth-order valence-corrected chi connectivity index (χ4v) is 3.87. The first-order valence-corrected chi connectivity index (χ1v) is 9.32. The Kier molecular flexibility index (Phi) is 3.17. The Morgan fingerprint density at radius 1 is 0.571 bits per heavy atom. The van der Waals surface area contributed by atoms with Gasteiger partial charge in [0.1, 0.15) is 0 Å². The van der Waals surface area contributed by atoms with Crippen LogP contribution in [0.15, 0.2) is 101 Å². The van der Waals surface area contributed by atoms with Gasteiger partial charge in [0, 0.05) is 0 Å². The van der Waals surface area contributed by atoms with E-state index in [1.807, 2.05) is 24.3 Å². The quantitative estimate of drug-likeness (QED) is 0.350. The highest BCUT2D eigenvalue weighted by Crippen LogP contribution is 2.31. The van der Waals surface area contributed by atoms with Crippen molar-refractivity contribution < 1.29 is 4.42 Å². The molecule has 0 spiro atoms. The first-order chi connectivity index (χ1) is 13.9. The number of nitrogens with zero attached hydrogens (tertiary/aromatic N) is 2. The Balaban J connectivity index is 1.56. The molecule has 0 aliphatic carbocycles. The molecule has 28 heavy (non-hydrogen) atoms. The molecule has 0 aliphatic rings. The van der Waals surface area contributed by atoms with Crippen LogP contribution in [-0.4, -0.2) is 9.38 Å². The average Bonchev–Trinajstić information content (AvgIpc) is 3.30. The summed E-state index contributed by atoms with van der Waals surface area (Å²) in [4.78, 5) is 4.65. The molecule has 6 rings (SSSR count). The van der Waals surface area contributed by atoms with E-state index in [0.29, 0.717) is 5.84 Å². The zero-order valence-corrected chi connectivity index (χ0v) is 15.0. The Bertz CT molecular complexity index is 1460. The van der Waals surface area contributed by atoms with Crippen LogP contribution in [0.4, 0.5) is 0 Å². The first-order valence-electron chi connectivity index (χ1n) is 9.32. The van der Waals surface area contributed by atoms with Crippen molar-refractivity contribution in [2.75, 3.05) is 0 Å². The van der Waals surface area contributed by atoms with Crippen LogP contribution in [0.3, 0.4) is 0 Å². The second-order valence-corrected chi connectivity index (χ2v) is 6.95. The molecule has 0 fully saturated rings. The summed E-state index contributed by atoms with van der Waals surface area (Å²) in [5.74, 6) is 0.631. The minimum Gasteiger partial charge on any atom is -0.423 e. The monoisotopic (exact) mass is 360 g/mol. The number of fused-ring (bicyclic) bond motifs is 5. The lowest BCUT2D eigenvalue weighted by molar-refractivity contribution is 0.643. The van der Waals surface area contributed by atoms with Crippen LogP contribution in [0, 0.1) is 0 Å². The number of aromatic nitrogens is 2. The number of hydrogen-bond acceptors (Lipinski definition) is 2. The number of rotatable bonds is 2. The maximum atomic E-state index is 5.91. The van der Waals surface area contributed by atoms with Gasteiger partial charge in [-0.1, -0.05) is 66.7 Å². The molecule has 4 aromatic carbocycles. The highest BCUT2D eigenvalue weighted by molar-refractivity contribution is 5.90. The normalized spacial score (nSPS) is 11.6. The fourth-order valence-electron chi connectivity index (χ4n) is 3.87. The lowest BCUT2D eigenvalue weighted by atomic mass is 9.99. The number of para-hydroxylation sites is 2. The summed E-state index contributed by atoms with van der Waals surface area (Å²) in [5.41, 5.74) is 8.67. The second kappa shape index (κ2) is 5.83.